The summed E-state index contributed by atoms with van der Waals surface area (Å²) < 4.78 is 5.28. The summed E-state index contributed by atoms with van der Waals surface area (Å²) in [6.07, 6.45) is 10.3. The summed E-state index contributed by atoms with van der Waals surface area (Å²) in [5, 5.41) is 0. The van der Waals surface area contributed by atoms with E-state index in [0.717, 1.165) is 12.8 Å². The van der Waals surface area contributed by atoms with Crippen molar-refractivity contribution < 1.29 is 9.53 Å². The molecule has 0 unspecified atom stereocenters. The SMILES string of the molecule is CC/C=C/C=C/CC(C)(C)OC(=O)CC. The maximum atomic E-state index is 11.1. The minimum absolute atomic E-state index is 0.141. The van der Waals surface area contributed by atoms with Crippen LogP contribution in [0.15, 0.2) is 24.3 Å². The highest BCUT2D eigenvalue weighted by Gasteiger charge is 2.19. The fourth-order valence-corrected chi connectivity index (χ4v) is 1.07. The summed E-state index contributed by atoms with van der Waals surface area (Å²) in [4.78, 5) is 11.1. The summed E-state index contributed by atoms with van der Waals surface area (Å²) in [5.74, 6) is -0.141. The van der Waals surface area contributed by atoms with Gasteiger partial charge in [0, 0.05) is 12.8 Å². The molecule has 2 heteroatoms. The molecule has 0 radical (unpaired) electrons. The summed E-state index contributed by atoms with van der Waals surface area (Å²) in [5.41, 5.74) is -0.399. The number of hydrogen-bond donors (Lipinski definition) is 0. The molecule has 86 valence electrons. The van der Waals surface area contributed by atoms with Gasteiger partial charge < -0.3 is 4.74 Å². The standard InChI is InChI=1S/C13H22O2/c1-5-7-8-9-10-11-13(3,4)15-12(14)6-2/h7-10H,5-6,11H2,1-4H3/b8-7+,10-9+. The van der Waals surface area contributed by atoms with E-state index in [1.807, 2.05) is 32.1 Å². The molecular formula is C13H22O2. The van der Waals surface area contributed by atoms with Gasteiger partial charge in [-0.15, -0.1) is 0 Å². The Bertz CT molecular complexity index is 237. The normalized spacial score (nSPS) is 12.5. The van der Waals surface area contributed by atoms with Crippen LogP contribution >= 0.6 is 0 Å². The Morgan fingerprint density at radius 2 is 1.80 bits per heavy atom. The van der Waals surface area contributed by atoms with E-state index in [0.29, 0.717) is 6.42 Å². The van der Waals surface area contributed by atoms with E-state index in [1.54, 1.807) is 6.92 Å². The van der Waals surface area contributed by atoms with E-state index in [-0.39, 0.29) is 5.97 Å². The number of esters is 1. The quantitative estimate of drug-likeness (QED) is 0.494. The third kappa shape index (κ3) is 7.98. The molecule has 0 bridgehead atoms. The van der Waals surface area contributed by atoms with Gasteiger partial charge in [0.05, 0.1) is 0 Å². The highest BCUT2D eigenvalue weighted by Crippen LogP contribution is 2.15. The molecule has 0 rings (SSSR count). The molecule has 0 saturated carbocycles. The van der Waals surface area contributed by atoms with Gasteiger partial charge >= 0.3 is 5.97 Å². The number of rotatable bonds is 6. The van der Waals surface area contributed by atoms with E-state index >= 15 is 0 Å². The van der Waals surface area contributed by atoms with Crippen LogP contribution in [-0.4, -0.2) is 11.6 Å². The Kier molecular flexibility index (Phi) is 6.76. The van der Waals surface area contributed by atoms with Gasteiger partial charge in [0.25, 0.3) is 0 Å². The van der Waals surface area contributed by atoms with Gasteiger partial charge in [-0.2, -0.15) is 0 Å². The Hall–Kier alpha value is -1.05. The molecule has 0 aliphatic carbocycles. The average Bonchev–Trinajstić information content (AvgIpc) is 2.16. The molecule has 0 N–H and O–H groups in total. The van der Waals surface area contributed by atoms with Crippen LogP contribution in [0.1, 0.15) is 47.0 Å². The van der Waals surface area contributed by atoms with Crippen LogP contribution in [0.5, 0.6) is 0 Å². The predicted octanol–water partition coefficient (Wildman–Crippen LogP) is 3.63. The molecule has 0 aromatic carbocycles. The molecule has 0 aliphatic rings. The highest BCUT2D eigenvalue weighted by atomic mass is 16.6. The first-order chi connectivity index (χ1) is 7.02. The number of hydrogen-bond acceptors (Lipinski definition) is 2. The van der Waals surface area contributed by atoms with Crippen molar-refractivity contribution in [2.24, 2.45) is 0 Å². The van der Waals surface area contributed by atoms with Crippen molar-refractivity contribution in [3.05, 3.63) is 24.3 Å². The Labute approximate surface area is 93.0 Å². The lowest BCUT2D eigenvalue weighted by Gasteiger charge is -2.23. The van der Waals surface area contributed by atoms with Crippen LogP contribution in [0, 0.1) is 0 Å². The van der Waals surface area contributed by atoms with Crippen LogP contribution in [0.3, 0.4) is 0 Å². The maximum Gasteiger partial charge on any atom is 0.306 e. The first kappa shape index (κ1) is 13.9. The summed E-state index contributed by atoms with van der Waals surface area (Å²) in [6.45, 7) is 7.75. The molecule has 2 nitrogen and oxygen atoms in total. The molecule has 15 heavy (non-hydrogen) atoms. The topological polar surface area (TPSA) is 26.3 Å². The van der Waals surface area contributed by atoms with E-state index in [4.69, 9.17) is 4.74 Å². The Balaban J connectivity index is 3.97. The molecular weight excluding hydrogens is 188 g/mol. The van der Waals surface area contributed by atoms with Crippen molar-refractivity contribution in [1.82, 2.24) is 0 Å². The van der Waals surface area contributed by atoms with Gasteiger partial charge in [0.2, 0.25) is 0 Å². The third-order valence-electron chi connectivity index (χ3n) is 1.91. The van der Waals surface area contributed by atoms with Gasteiger partial charge in [-0.1, -0.05) is 38.2 Å². The van der Waals surface area contributed by atoms with Crippen LogP contribution in [0.4, 0.5) is 0 Å². The summed E-state index contributed by atoms with van der Waals surface area (Å²) in [6, 6.07) is 0. The van der Waals surface area contributed by atoms with Crippen LogP contribution in [0.2, 0.25) is 0 Å². The maximum absolute atomic E-state index is 11.1. The number of allylic oxidation sites excluding steroid dienone is 3. The van der Waals surface area contributed by atoms with Gasteiger partial charge in [-0.05, 0) is 20.3 Å². The zero-order valence-corrected chi connectivity index (χ0v) is 10.2. The zero-order chi connectivity index (χ0) is 11.7. The van der Waals surface area contributed by atoms with Gasteiger partial charge in [-0.25, -0.2) is 0 Å². The van der Waals surface area contributed by atoms with E-state index < -0.39 is 5.60 Å². The van der Waals surface area contributed by atoms with Crippen molar-refractivity contribution in [3.8, 4) is 0 Å². The molecule has 0 saturated heterocycles. The zero-order valence-electron chi connectivity index (χ0n) is 10.2. The molecule has 0 spiro atoms. The molecule has 0 heterocycles. The molecule has 0 amide bonds. The smallest absolute Gasteiger partial charge is 0.306 e. The monoisotopic (exact) mass is 210 g/mol. The highest BCUT2D eigenvalue weighted by molar-refractivity contribution is 5.69. The molecule has 0 atom stereocenters. The largest absolute Gasteiger partial charge is 0.459 e. The molecule has 0 aromatic heterocycles. The van der Waals surface area contributed by atoms with E-state index in [9.17, 15) is 4.79 Å². The number of ether oxygens (including phenoxy) is 1. The number of carbonyl (C=O) groups is 1. The van der Waals surface area contributed by atoms with Crippen molar-refractivity contribution >= 4 is 5.97 Å². The lowest BCUT2D eigenvalue weighted by Crippen LogP contribution is -2.26. The first-order valence-electron chi connectivity index (χ1n) is 5.55. The average molecular weight is 210 g/mol. The third-order valence-corrected chi connectivity index (χ3v) is 1.91. The summed E-state index contributed by atoms with van der Waals surface area (Å²) in [7, 11) is 0. The van der Waals surface area contributed by atoms with Gasteiger partial charge in [0.15, 0.2) is 0 Å². The lowest BCUT2D eigenvalue weighted by molar-refractivity contribution is -0.155. The molecule has 0 aromatic rings. The first-order valence-corrected chi connectivity index (χ1v) is 5.55. The molecule has 0 fully saturated rings. The van der Waals surface area contributed by atoms with E-state index in [2.05, 4.69) is 13.0 Å². The van der Waals surface area contributed by atoms with Crippen LogP contribution < -0.4 is 0 Å². The second kappa shape index (κ2) is 7.27. The number of carbonyl (C=O) groups excluding carboxylic acids is 1. The van der Waals surface area contributed by atoms with Crippen LogP contribution in [0.25, 0.3) is 0 Å². The second-order valence-electron chi connectivity index (χ2n) is 4.06. The fraction of sp³-hybridized carbons (Fsp3) is 0.615. The molecule has 0 aliphatic heterocycles. The van der Waals surface area contributed by atoms with E-state index in [1.165, 1.54) is 0 Å². The Morgan fingerprint density at radius 1 is 1.20 bits per heavy atom. The fourth-order valence-electron chi connectivity index (χ4n) is 1.07. The Morgan fingerprint density at radius 3 is 2.33 bits per heavy atom. The van der Waals surface area contributed by atoms with Crippen LogP contribution in [-0.2, 0) is 9.53 Å². The van der Waals surface area contributed by atoms with Gasteiger partial charge in [-0.3, -0.25) is 4.79 Å². The minimum Gasteiger partial charge on any atom is -0.459 e. The van der Waals surface area contributed by atoms with Crippen molar-refractivity contribution in [2.45, 2.75) is 52.6 Å². The summed E-state index contributed by atoms with van der Waals surface area (Å²) >= 11 is 0. The minimum atomic E-state index is -0.399. The van der Waals surface area contributed by atoms with Crippen molar-refractivity contribution in [2.75, 3.05) is 0 Å². The van der Waals surface area contributed by atoms with Crippen molar-refractivity contribution in [1.29, 1.82) is 0 Å². The second-order valence-corrected chi connectivity index (χ2v) is 4.06. The predicted molar refractivity (Wildman–Crippen MR) is 63.7 cm³/mol. The lowest BCUT2D eigenvalue weighted by atomic mass is 10.0. The van der Waals surface area contributed by atoms with Crippen molar-refractivity contribution in [3.63, 3.8) is 0 Å². The van der Waals surface area contributed by atoms with Gasteiger partial charge in [0.1, 0.15) is 5.60 Å².